The number of rotatable bonds is 7. The van der Waals surface area contributed by atoms with Crippen LogP contribution < -0.4 is 10.6 Å². The molecule has 21 heavy (non-hydrogen) atoms. The third-order valence-electron chi connectivity index (χ3n) is 4.65. The molecule has 0 bridgehead atoms. The molecule has 0 aromatic heterocycles. The number of amides is 4. The van der Waals surface area contributed by atoms with Crippen LogP contribution in [0.1, 0.15) is 46.5 Å². The molecule has 2 aliphatic rings. The Hall–Kier alpha value is -1.59. The van der Waals surface area contributed by atoms with E-state index in [2.05, 4.69) is 10.6 Å². The van der Waals surface area contributed by atoms with Crippen molar-refractivity contribution in [3.05, 3.63) is 0 Å². The van der Waals surface area contributed by atoms with Gasteiger partial charge in [-0.05, 0) is 38.5 Å². The topological polar surface area (TPSA) is 78.5 Å². The van der Waals surface area contributed by atoms with Gasteiger partial charge in [-0.3, -0.25) is 14.5 Å². The minimum atomic E-state index is -0.777. The van der Waals surface area contributed by atoms with Crippen LogP contribution in [-0.4, -0.2) is 41.4 Å². The van der Waals surface area contributed by atoms with Gasteiger partial charge in [0.15, 0.2) is 0 Å². The molecule has 1 saturated carbocycles. The molecule has 2 fully saturated rings. The molecule has 1 heterocycles. The third kappa shape index (κ3) is 3.36. The number of carbonyl (C=O) groups excluding carboxylic acids is 3. The van der Waals surface area contributed by atoms with Crippen molar-refractivity contribution in [1.82, 2.24) is 15.5 Å². The van der Waals surface area contributed by atoms with Gasteiger partial charge in [-0.25, -0.2) is 4.79 Å². The Morgan fingerprint density at radius 2 is 2.14 bits per heavy atom. The zero-order valence-electron chi connectivity index (χ0n) is 13.1. The summed E-state index contributed by atoms with van der Waals surface area (Å²) in [5, 5.41) is 5.60. The molecular formula is C15H25N3O3. The van der Waals surface area contributed by atoms with Crippen LogP contribution in [0.25, 0.3) is 0 Å². The Balaban J connectivity index is 1.72. The Bertz CT molecular complexity index is 447. The molecule has 6 nitrogen and oxygen atoms in total. The van der Waals surface area contributed by atoms with Gasteiger partial charge in [0.1, 0.15) is 5.54 Å². The zero-order chi connectivity index (χ0) is 15.6. The number of hydrogen-bond acceptors (Lipinski definition) is 3. The highest BCUT2D eigenvalue weighted by Gasteiger charge is 2.45. The van der Waals surface area contributed by atoms with Crippen LogP contribution in [0.2, 0.25) is 0 Å². The van der Waals surface area contributed by atoms with Gasteiger partial charge >= 0.3 is 6.03 Å². The van der Waals surface area contributed by atoms with Gasteiger partial charge < -0.3 is 10.6 Å². The summed E-state index contributed by atoms with van der Waals surface area (Å²) in [5.41, 5.74) is -0.777. The lowest BCUT2D eigenvalue weighted by atomic mass is 9.99. The number of hydrogen-bond donors (Lipinski definition) is 2. The lowest BCUT2D eigenvalue weighted by Gasteiger charge is -2.19. The molecule has 0 spiro atoms. The molecule has 6 heteroatoms. The van der Waals surface area contributed by atoms with Crippen molar-refractivity contribution in [2.45, 2.75) is 52.0 Å². The first-order valence-corrected chi connectivity index (χ1v) is 7.81. The molecule has 118 valence electrons. The molecule has 2 atom stereocenters. The Morgan fingerprint density at radius 1 is 1.48 bits per heavy atom. The fourth-order valence-corrected chi connectivity index (χ4v) is 2.61. The van der Waals surface area contributed by atoms with Crippen LogP contribution in [0.15, 0.2) is 0 Å². The predicted molar refractivity (Wildman–Crippen MR) is 78.5 cm³/mol. The standard InChI is InChI=1S/C15H25N3O3/c1-4-15(3)13(20)18(14(21)17-15)9-5-8-16-12(19)10(2)11-6-7-11/h10-11H,4-9H2,1-3H3,(H,16,19)(H,17,21). The van der Waals surface area contributed by atoms with Gasteiger partial charge in [0.05, 0.1) is 0 Å². The summed E-state index contributed by atoms with van der Waals surface area (Å²) < 4.78 is 0. The van der Waals surface area contributed by atoms with Crippen molar-refractivity contribution in [2.75, 3.05) is 13.1 Å². The summed E-state index contributed by atoms with van der Waals surface area (Å²) in [6.45, 7) is 6.42. The number of carbonyl (C=O) groups is 3. The monoisotopic (exact) mass is 295 g/mol. The summed E-state index contributed by atoms with van der Waals surface area (Å²) in [6.07, 6.45) is 3.45. The summed E-state index contributed by atoms with van der Waals surface area (Å²) in [6, 6.07) is -0.331. The number of nitrogens with one attached hydrogen (secondary N) is 2. The van der Waals surface area contributed by atoms with Crippen LogP contribution in [0, 0.1) is 11.8 Å². The van der Waals surface area contributed by atoms with Gasteiger partial charge in [-0.1, -0.05) is 13.8 Å². The average molecular weight is 295 g/mol. The molecule has 2 unspecified atom stereocenters. The van der Waals surface area contributed by atoms with Crippen molar-refractivity contribution in [3.63, 3.8) is 0 Å². The molecule has 1 saturated heterocycles. The van der Waals surface area contributed by atoms with Crippen LogP contribution in [-0.2, 0) is 9.59 Å². The Kier molecular flexibility index (Phi) is 4.54. The molecule has 0 radical (unpaired) electrons. The van der Waals surface area contributed by atoms with Crippen molar-refractivity contribution in [3.8, 4) is 0 Å². The number of imide groups is 1. The molecule has 2 N–H and O–H groups in total. The maximum absolute atomic E-state index is 12.2. The van der Waals surface area contributed by atoms with Crippen LogP contribution in [0.3, 0.4) is 0 Å². The van der Waals surface area contributed by atoms with E-state index in [0.717, 1.165) is 12.8 Å². The van der Waals surface area contributed by atoms with Gasteiger partial charge in [0, 0.05) is 19.0 Å². The van der Waals surface area contributed by atoms with Gasteiger partial charge in [0.2, 0.25) is 5.91 Å². The van der Waals surface area contributed by atoms with E-state index in [1.807, 2.05) is 13.8 Å². The average Bonchev–Trinajstić information content (AvgIpc) is 3.26. The second-order valence-electron chi connectivity index (χ2n) is 6.34. The van der Waals surface area contributed by atoms with Crippen LogP contribution in [0.5, 0.6) is 0 Å². The highest BCUT2D eigenvalue weighted by Crippen LogP contribution is 2.36. The van der Waals surface area contributed by atoms with E-state index in [4.69, 9.17) is 0 Å². The zero-order valence-corrected chi connectivity index (χ0v) is 13.1. The van der Waals surface area contributed by atoms with E-state index in [1.165, 1.54) is 4.90 Å². The quantitative estimate of drug-likeness (QED) is 0.548. The first-order chi connectivity index (χ1) is 9.89. The van der Waals surface area contributed by atoms with Crippen molar-refractivity contribution < 1.29 is 14.4 Å². The van der Waals surface area contributed by atoms with E-state index in [-0.39, 0.29) is 23.8 Å². The Morgan fingerprint density at radius 3 is 2.67 bits per heavy atom. The normalized spacial score (nSPS) is 26.7. The minimum Gasteiger partial charge on any atom is -0.356 e. The van der Waals surface area contributed by atoms with E-state index in [1.54, 1.807) is 6.92 Å². The second-order valence-corrected chi connectivity index (χ2v) is 6.34. The van der Waals surface area contributed by atoms with Gasteiger partial charge in [-0.15, -0.1) is 0 Å². The van der Waals surface area contributed by atoms with E-state index in [9.17, 15) is 14.4 Å². The highest BCUT2D eigenvalue weighted by molar-refractivity contribution is 6.06. The molecule has 4 amide bonds. The van der Waals surface area contributed by atoms with E-state index < -0.39 is 5.54 Å². The Labute approximate surface area is 125 Å². The largest absolute Gasteiger partial charge is 0.356 e. The second kappa shape index (κ2) is 6.03. The molecular weight excluding hydrogens is 270 g/mol. The first-order valence-electron chi connectivity index (χ1n) is 7.81. The van der Waals surface area contributed by atoms with Gasteiger partial charge in [0.25, 0.3) is 5.91 Å². The third-order valence-corrected chi connectivity index (χ3v) is 4.65. The van der Waals surface area contributed by atoms with Gasteiger partial charge in [-0.2, -0.15) is 0 Å². The minimum absolute atomic E-state index is 0.0742. The smallest absolute Gasteiger partial charge is 0.325 e. The number of nitrogens with zero attached hydrogens (tertiary/aromatic N) is 1. The summed E-state index contributed by atoms with van der Waals surface area (Å²) in [4.78, 5) is 37.0. The maximum atomic E-state index is 12.2. The summed E-state index contributed by atoms with van der Waals surface area (Å²) in [5.74, 6) is 0.520. The fourth-order valence-electron chi connectivity index (χ4n) is 2.61. The van der Waals surface area contributed by atoms with Crippen LogP contribution in [0.4, 0.5) is 4.79 Å². The predicted octanol–water partition coefficient (Wildman–Crippen LogP) is 1.26. The lowest BCUT2D eigenvalue weighted by molar-refractivity contribution is -0.130. The van der Waals surface area contributed by atoms with Crippen molar-refractivity contribution in [2.24, 2.45) is 11.8 Å². The summed E-state index contributed by atoms with van der Waals surface area (Å²) >= 11 is 0. The van der Waals surface area contributed by atoms with E-state index >= 15 is 0 Å². The van der Waals surface area contributed by atoms with Crippen LogP contribution >= 0.6 is 0 Å². The lowest BCUT2D eigenvalue weighted by Crippen LogP contribution is -2.43. The molecule has 0 aromatic carbocycles. The van der Waals surface area contributed by atoms with Crippen molar-refractivity contribution in [1.29, 1.82) is 0 Å². The highest BCUT2D eigenvalue weighted by atomic mass is 16.2. The van der Waals surface area contributed by atoms with E-state index in [0.29, 0.717) is 31.8 Å². The molecule has 0 aromatic rings. The summed E-state index contributed by atoms with van der Waals surface area (Å²) in [7, 11) is 0. The molecule has 1 aliphatic carbocycles. The first kappa shape index (κ1) is 15.8. The fraction of sp³-hybridized carbons (Fsp3) is 0.800. The maximum Gasteiger partial charge on any atom is 0.325 e. The molecule has 2 rings (SSSR count). The van der Waals surface area contributed by atoms with Crippen molar-refractivity contribution >= 4 is 17.8 Å². The SMILES string of the molecule is CCC1(C)NC(=O)N(CCCNC(=O)C(C)C2CC2)C1=O. The molecule has 1 aliphatic heterocycles. The number of urea groups is 1.